The second-order valence-corrected chi connectivity index (χ2v) is 4.84. The van der Waals surface area contributed by atoms with Crippen molar-refractivity contribution in [3.63, 3.8) is 0 Å². The molecule has 0 unspecified atom stereocenters. The zero-order valence-electron chi connectivity index (χ0n) is 12.0. The third-order valence-corrected chi connectivity index (χ3v) is 3.54. The average molecular weight is 282 g/mol. The normalized spacial score (nSPS) is 12.8. The number of rotatable bonds is 3. The molecule has 0 aromatic heterocycles. The maximum atomic E-state index is 12.9. The Balaban J connectivity index is 1.98. The fourth-order valence-corrected chi connectivity index (χ4v) is 2.54. The smallest absolute Gasteiger partial charge is 0.262 e. The number of amides is 1. The molecule has 4 nitrogen and oxygen atoms in total. The number of carbonyl (C=O) groups excluding carboxylic acids is 1. The Labute approximate surface area is 124 Å². The van der Waals surface area contributed by atoms with Crippen molar-refractivity contribution >= 4 is 17.3 Å². The minimum atomic E-state index is -0.0377. The van der Waals surface area contributed by atoms with Crippen LogP contribution in [0.1, 0.15) is 17.3 Å². The summed E-state index contributed by atoms with van der Waals surface area (Å²) < 4.78 is 5.70. The Morgan fingerprint density at radius 2 is 2.00 bits per heavy atom. The van der Waals surface area contributed by atoms with Crippen molar-refractivity contribution < 1.29 is 9.53 Å². The number of anilines is 2. The molecule has 0 spiro atoms. The van der Waals surface area contributed by atoms with E-state index in [-0.39, 0.29) is 5.91 Å². The summed E-state index contributed by atoms with van der Waals surface area (Å²) in [6.07, 6.45) is 0. The van der Waals surface area contributed by atoms with Crippen LogP contribution in [0, 0.1) is 0 Å². The zero-order chi connectivity index (χ0) is 14.7. The molecule has 1 aliphatic rings. The highest BCUT2D eigenvalue weighted by atomic mass is 16.5. The highest BCUT2D eigenvalue weighted by molar-refractivity contribution is 6.09. The summed E-state index contributed by atoms with van der Waals surface area (Å²) in [5.41, 5.74) is 2.38. The number of hydrogen-bond donors (Lipinski definition) is 1. The van der Waals surface area contributed by atoms with Crippen molar-refractivity contribution in [1.82, 2.24) is 0 Å². The highest BCUT2D eigenvalue weighted by Gasteiger charge is 2.23. The van der Waals surface area contributed by atoms with Gasteiger partial charge < -0.3 is 15.0 Å². The van der Waals surface area contributed by atoms with E-state index >= 15 is 0 Å². The summed E-state index contributed by atoms with van der Waals surface area (Å²) in [6.45, 7) is 3.93. The molecular weight excluding hydrogens is 264 g/mol. The van der Waals surface area contributed by atoms with E-state index in [0.29, 0.717) is 24.5 Å². The molecule has 0 saturated heterocycles. The average Bonchev–Trinajstić information content (AvgIpc) is 2.56. The van der Waals surface area contributed by atoms with Gasteiger partial charge in [-0.1, -0.05) is 24.3 Å². The van der Waals surface area contributed by atoms with E-state index in [1.54, 1.807) is 4.90 Å². The van der Waals surface area contributed by atoms with Gasteiger partial charge in [0.25, 0.3) is 5.91 Å². The van der Waals surface area contributed by atoms with Crippen LogP contribution in [0.5, 0.6) is 5.75 Å². The molecule has 0 aliphatic carbocycles. The molecule has 3 rings (SSSR count). The molecule has 21 heavy (non-hydrogen) atoms. The van der Waals surface area contributed by atoms with E-state index in [9.17, 15) is 4.79 Å². The Morgan fingerprint density at radius 1 is 1.19 bits per heavy atom. The molecule has 2 aromatic rings. The first-order valence-electron chi connectivity index (χ1n) is 7.18. The topological polar surface area (TPSA) is 41.6 Å². The van der Waals surface area contributed by atoms with Crippen LogP contribution in [0.3, 0.4) is 0 Å². The van der Waals surface area contributed by atoms with Crippen LogP contribution < -0.4 is 15.0 Å². The summed E-state index contributed by atoms with van der Waals surface area (Å²) in [4.78, 5) is 14.6. The minimum Gasteiger partial charge on any atom is -0.489 e. The lowest BCUT2D eigenvalue weighted by atomic mass is 10.1. The van der Waals surface area contributed by atoms with Crippen molar-refractivity contribution in [1.29, 1.82) is 0 Å². The molecule has 0 fully saturated rings. The summed E-state index contributed by atoms with van der Waals surface area (Å²) >= 11 is 0. The second-order valence-electron chi connectivity index (χ2n) is 4.84. The first kappa shape index (κ1) is 13.5. The van der Waals surface area contributed by atoms with Gasteiger partial charge in [0, 0.05) is 18.8 Å². The lowest BCUT2D eigenvalue weighted by Gasteiger charge is -2.25. The SMILES string of the molecule is CCN(C(=O)c1cccc2c1OCCN2)c1ccccc1. The van der Waals surface area contributed by atoms with Gasteiger partial charge in [-0.25, -0.2) is 0 Å². The largest absolute Gasteiger partial charge is 0.489 e. The monoisotopic (exact) mass is 282 g/mol. The number of para-hydroxylation sites is 2. The first-order chi connectivity index (χ1) is 10.3. The lowest BCUT2D eigenvalue weighted by molar-refractivity contribution is 0.0984. The van der Waals surface area contributed by atoms with Crippen LogP contribution >= 0.6 is 0 Å². The van der Waals surface area contributed by atoms with Crippen molar-refractivity contribution in [2.24, 2.45) is 0 Å². The van der Waals surface area contributed by atoms with E-state index in [2.05, 4.69) is 5.32 Å². The maximum Gasteiger partial charge on any atom is 0.262 e. The van der Waals surface area contributed by atoms with Crippen LogP contribution in [0.2, 0.25) is 0 Å². The quantitative estimate of drug-likeness (QED) is 0.940. The number of hydrogen-bond acceptors (Lipinski definition) is 3. The molecule has 108 valence electrons. The first-order valence-corrected chi connectivity index (χ1v) is 7.18. The summed E-state index contributed by atoms with van der Waals surface area (Å²) in [5, 5.41) is 3.26. The molecule has 1 aliphatic heterocycles. The minimum absolute atomic E-state index is 0.0377. The number of carbonyl (C=O) groups is 1. The van der Waals surface area contributed by atoms with E-state index in [1.807, 2.05) is 55.5 Å². The van der Waals surface area contributed by atoms with Crippen LogP contribution in [0.25, 0.3) is 0 Å². The predicted molar refractivity (Wildman–Crippen MR) is 84.2 cm³/mol. The molecule has 0 saturated carbocycles. The molecule has 0 radical (unpaired) electrons. The van der Waals surface area contributed by atoms with Crippen molar-refractivity contribution in [2.45, 2.75) is 6.92 Å². The molecule has 1 amide bonds. The predicted octanol–water partition coefficient (Wildman–Crippen LogP) is 3.16. The lowest BCUT2D eigenvalue weighted by Crippen LogP contribution is -2.31. The standard InChI is InChI=1S/C17H18N2O2/c1-2-19(13-7-4-3-5-8-13)17(20)14-9-6-10-15-16(14)21-12-11-18-15/h3-10,18H,2,11-12H2,1H3. The fraction of sp³-hybridized carbons (Fsp3) is 0.235. The van der Waals surface area contributed by atoms with Gasteiger partial charge in [-0.15, -0.1) is 0 Å². The van der Waals surface area contributed by atoms with E-state index in [1.165, 1.54) is 0 Å². The number of fused-ring (bicyclic) bond motifs is 1. The van der Waals surface area contributed by atoms with Gasteiger partial charge in [0.15, 0.2) is 5.75 Å². The van der Waals surface area contributed by atoms with Gasteiger partial charge in [-0.05, 0) is 31.2 Å². The molecule has 0 bridgehead atoms. The van der Waals surface area contributed by atoms with Crippen LogP contribution in [0.15, 0.2) is 48.5 Å². The third kappa shape index (κ3) is 2.57. The Kier molecular flexibility index (Phi) is 3.77. The Bertz CT molecular complexity index is 640. The molecule has 0 atom stereocenters. The molecule has 4 heteroatoms. The molecule has 2 aromatic carbocycles. The summed E-state index contributed by atoms with van der Waals surface area (Å²) in [6, 6.07) is 15.3. The van der Waals surface area contributed by atoms with E-state index in [4.69, 9.17) is 4.74 Å². The van der Waals surface area contributed by atoms with Gasteiger partial charge >= 0.3 is 0 Å². The molecular formula is C17H18N2O2. The Hall–Kier alpha value is -2.49. The van der Waals surface area contributed by atoms with E-state index < -0.39 is 0 Å². The Morgan fingerprint density at radius 3 is 2.76 bits per heavy atom. The number of ether oxygens (including phenoxy) is 1. The number of nitrogens with zero attached hydrogens (tertiary/aromatic N) is 1. The van der Waals surface area contributed by atoms with Gasteiger partial charge in [-0.2, -0.15) is 0 Å². The summed E-state index contributed by atoms with van der Waals surface area (Å²) in [7, 11) is 0. The van der Waals surface area contributed by atoms with Gasteiger partial charge in [0.2, 0.25) is 0 Å². The summed E-state index contributed by atoms with van der Waals surface area (Å²) in [5.74, 6) is 0.618. The van der Waals surface area contributed by atoms with Gasteiger partial charge in [0.05, 0.1) is 11.3 Å². The second kappa shape index (κ2) is 5.87. The van der Waals surface area contributed by atoms with Crippen molar-refractivity contribution in [3.05, 3.63) is 54.1 Å². The van der Waals surface area contributed by atoms with Crippen LogP contribution in [-0.4, -0.2) is 25.6 Å². The van der Waals surface area contributed by atoms with Crippen molar-refractivity contribution in [2.75, 3.05) is 29.9 Å². The number of nitrogens with one attached hydrogen (secondary N) is 1. The highest BCUT2D eigenvalue weighted by Crippen LogP contribution is 2.32. The maximum absolute atomic E-state index is 12.9. The van der Waals surface area contributed by atoms with Crippen LogP contribution in [-0.2, 0) is 0 Å². The van der Waals surface area contributed by atoms with Crippen molar-refractivity contribution in [3.8, 4) is 5.75 Å². The van der Waals surface area contributed by atoms with Crippen LogP contribution in [0.4, 0.5) is 11.4 Å². The number of benzene rings is 2. The zero-order valence-corrected chi connectivity index (χ0v) is 12.0. The molecule has 1 N–H and O–H groups in total. The molecule has 1 heterocycles. The fourth-order valence-electron chi connectivity index (χ4n) is 2.54. The van der Waals surface area contributed by atoms with Gasteiger partial charge in [-0.3, -0.25) is 4.79 Å². The third-order valence-electron chi connectivity index (χ3n) is 3.54. The van der Waals surface area contributed by atoms with E-state index in [0.717, 1.165) is 17.9 Å². The van der Waals surface area contributed by atoms with Gasteiger partial charge in [0.1, 0.15) is 6.61 Å².